The molecule has 2 atom stereocenters. The van der Waals surface area contributed by atoms with Crippen molar-refractivity contribution in [2.75, 3.05) is 18.1 Å². The van der Waals surface area contributed by atoms with Gasteiger partial charge in [0, 0.05) is 27.8 Å². The quantitative estimate of drug-likeness (QED) is 0.0413. The van der Waals surface area contributed by atoms with E-state index in [9.17, 15) is 14.7 Å². The predicted molar refractivity (Wildman–Crippen MR) is 184 cm³/mol. The number of aliphatic hydroxyl groups is 1. The maximum Gasteiger partial charge on any atom is 0.301 e. The van der Waals surface area contributed by atoms with Crippen LogP contribution in [-0.4, -0.2) is 46.3 Å². The number of nitrogens with zero attached hydrogens (tertiary/aromatic N) is 3. The second-order valence-electron chi connectivity index (χ2n) is 10.7. The van der Waals surface area contributed by atoms with E-state index in [0.717, 1.165) is 28.2 Å². The van der Waals surface area contributed by atoms with Gasteiger partial charge >= 0.3 is 5.91 Å². The number of benzene rings is 3. The Balaban J connectivity index is 1.42. The molecule has 1 fully saturated rings. The molecule has 0 aliphatic carbocycles. The number of thioether (sulfide) groups is 1. The zero-order valence-corrected chi connectivity index (χ0v) is 28.5. The van der Waals surface area contributed by atoms with Gasteiger partial charge in [-0.05, 0) is 73.0 Å². The summed E-state index contributed by atoms with van der Waals surface area (Å²) in [6.45, 7) is 8.10. The number of carbonyl (C=O) groups is 2. The molecule has 2 aliphatic heterocycles. The van der Waals surface area contributed by atoms with Crippen LogP contribution < -0.4 is 19.1 Å². The van der Waals surface area contributed by atoms with Crippen molar-refractivity contribution in [1.82, 2.24) is 10.2 Å². The smallest absolute Gasteiger partial charge is 0.301 e. The molecule has 0 unspecified atom stereocenters. The highest BCUT2D eigenvalue weighted by molar-refractivity contribution is 8.00. The highest BCUT2D eigenvalue weighted by Crippen LogP contribution is 2.46. The largest absolute Gasteiger partial charge is 0.507 e. The molecule has 1 aromatic heterocycles. The third-order valence-electron chi connectivity index (χ3n) is 7.52. The van der Waals surface area contributed by atoms with Gasteiger partial charge in [0.15, 0.2) is 15.8 Å². The van der Waals surface area contributed by atoms with Gasteiger partial charge in [-0.15, -0.1) is 10.2 Å². The minimum atomic E-state index is -1.04. The molecule has 13 heteroatoms. The van der Waals surface area contributed by atoms with Crippen molar-refractivity contribution in [3.8, 4) is 17.2 Å². The van der Waals surface area contributed by atoms with E-state index in [2.05, 4.69) is 16.8 Å². The molecule has 2 aliphatic rings. The normalized spacial score (nSPS) is 18.3. The zero-order chi connectivity index (χ0) is 33.2. The number of fused-ring (bicyclic) bond motifs is 1. The van der Waals surface area contributed by atoms with Crippen molar-refractivity contribution in [3.05, 3.63) is 105 Å². The molecule has 1 saturated heterocycles. The summed E-state index contributed by atoms with van der Waals surface area (Å²) < 4.78 is 18.0. The summed E-state index contributed by atoms with van der Waals surface area (Å²) in [5, 5.41) is 21.6. The fourth-order valence-corrected chi connectivity index (χ4v) is 7.86. The van der Waals surface area contributed by atoms with Crippen LogP contribution in [0.5, 0.6) is 17.2 Å². The summed E-state index contributed by atoms with van der Waals surface area (Å²) in [4.78, 5) is 28.9. The van der Waals surface area contributed by atoms with Gasteiger partial charge < -0.3 is 19.3 Å². The average Bonchev–Trinajstić information content (AvgIpc) is 3.74. The second-order valence-corrected chi connectivity index (χ2v) is 13.8. The number of aromatic nitrogens is 2. The van der Waals surface area contributed by atoms with E-state index in [1.54, 1.807) is 54.6 Å². The first-order valence-electron chi connectivity index (χ1n) is 14.7. The van der Waals surface area contributed by atoms with Crippen LogP contribution in [0.4, 0.5) is 5.13 Å². The molecule has 47 heavy (non-hydrogen) atoms. The number of ether oxygens (including phenoxy) is 3. The van der Waals surface area contributed by atoms with E-state index in [-0.39, 0.29) is 29.2 Å². The summed E-state index contributed by atoms with van der Waals surface area (Å²) in [5.74, 6) is 0.0938. The Labute approximate surface area is 289 Å². The molecule has 6 rings (SSSR count). The number of amides is 1. The first-order valence-corrected chi connectivity index (χ1v) is 17.3. The minimum Gasteiger partial charge on any atom is -0.507 e. The molecule has 1 N–H and O–H groups in total. The van der Waals surface area contributed by atoms with Gasteiger partial charge in [0.05, 0.1) is 18.2 Å². The lowest BCUT2D eigenvalue weighted by Gasteiger charge is -2.23. The molecule has 3 heterocycles. The number of aliphatic hydroxyl groups excluding tert-OH is 1. The summed E-state index contributed by atoms with van der Waals surface area (Å²) in [5.41, 5.74) is 2.58. The fraction of sp³-hybridized carbons (Fsp3) is 0.235. The van der Waals surface area contributed by atoms with Crippen LogP contribution in [0.2, 0.25) is 10.0 Å². The van der Waals surface area contributed by atoms with Crippen LogP contribution in [0.3, 0.4) is 0 Å². The SMILES string of the molecule is C=CCOc1ccc([C@H]2C(=C(O)c3ccc4c(c3)C[C@@H](C)O4)C(=O)C(=O)N2c2nnc(SCc3ccc(Cl)cc3Cl)s2)cc1OCC. The summed E-state index contributed by atoms with van der Waals surface area (Å²) in [6.07, 6.45) is 2.27. The van der Waals surface area contributed by atoms with E-state index in [1.807, 2.05) is 19.9 Å². The molecule has 3 aromatic carbocycles. The number of anilines is 1. The third kappa shape index (κ3) is 6.71. The molecule has 9 nitrogen and oxygen atoms in total. The Morgan fingerprint density at radius 1 is 1.13 bits per heavy atom. The zero-order valence-electron chi connectivity index (χ0n) is 25.4. The van der Waals surface area contributed by atoms with E-state index < -0.39 is 17.7 Å². The molecular formula is C34H29Cl2N3O6S2. The number of carbonyl (C=O) groups excluding carboxylic acids is 2. The van der Waals surface area contributed by atoms with E-state index in [1.165, 1.54) is 16.7 Å². The van der Waals surface area contributed by atoms with Crippen molar-refractivity contribution in [2.24, 2.45) is 0 Å². The Hall–Kier alpha value is -4.03. The van der Waals surface area contributed by atoms with Crippen LogP contribution in [0.1, 0.15) is 42.1 Å². The molecule has 242 valence electrons. The van der Waals surface area contributed by atoms with Gasteiger partial charge in [-0.3, -0.25) is 14.5 Å². The molecule has 1 amide bonds. The van der Waals surface area contributed by atoms with E-state index in [4.69, 9.17) is 37.4 Å². The summed E-state index contributed by atoms with van der Waals surface area (Å²) in [6, 6.07) is 14.6. The molecule has 0 radical (unpaired) electrons. The molecular weight excluding hydrogens is 681 g/mol. The van der Waals surface area contributed by atoms with Gasteiger partial charge in [-0.2, -0.15) is 0 Å². The number of halogens is 2. The van der Waals surface area contributed by atoms with Gasteiger partial charge in [0.25, 0.3) is 5.78 Å². The van der Waals surface area contributed by atoms with E-state index >= 15 is 0 Å². The molecule has 0 saturated carbocycles. The lowest BCUT2D eigenvalue weighted by molar-refractivity contribution is -0.132. The van der Waals surface area contributed by atoms with Crippen LogP contribution >= 0.6 is 46.3 Å². The first-order chi connectivity index (χ1) is 22.7. The monoisotopic (exact) mass is 709 g/mol. The third-order valence-corrected chi connectivity index (χ3v) is 10.2. The first kappa shape index (κ1) is 32.9. The van der Waals surface area contributed by atoms with Crippen molar-refractivity contribution >= 4 is 68.9 Å². The lowest BCUT2D eigenvalue weighted by atomic mass is 9.94. The fourth-order valence-electron chi connectivity index (χ4n) is 5.44. The highest BCUT2D eigenvalue weighted by Gasteiger charge is 2.48. The minimum absolute atomic E-state index is 0.00743. The topological polar surface area (TPSA) is 111 Å². The summed E-state index contributed by atoms with van der Waals surface area (Å²) >= 11 is 14.9. The van der Waals surface area contributed by atoms with Crippen LogP contribution in [0, 0.1) is 0 Å². The van der Waals surface area contributed by atoms with Crippen LogP contribution in [-0.2, 0) is 21.8 Å². The van der Waals surface area contributed by atoms with Crippen molar-refractivity contribution in [3.63, 3.8) is 0 Å². The van der Waals surface area contributed by atoms with Gasteiger partial charge in [0.2, 0.25) is 5.13 Å². The molecule has 0 bridgehead atoms. The number of hydrogen-bond acceptors (Lipinski definition) is 10. The van der Waals surface area contributed by atoms with Crippen molar-refractivity contribution in [2.45, 2.75) is 42.5 Å². The van der Waals surface area contributed by atoms with Crippen molar-refractivity contribution in [1.29, 1.82) is 0 Å². The van der Waals surface area contributed by atoms with Crippen LogP contribution in [0.15, 0.2) is 77.2 Å². The Kier molecular flexibility index (Phi) is 9.79. The Morgan fingerprint density at radius 3 is 2.72 bits per heavy atom. The van der Waals surface area contributed by atoms with Crippen LogP contribution in [0.25, 0.3) is 5.76 Å². The predicted octanol–water partition coefficient (Wildman–Crippen LogP) is 8.05. The molecule has 4 aromatic rings. The van der Waals surface area contributed by atoms with E-state index in [0.29, 0.717) is 55.8 Å². The maximum absolute atomic E-state index is 13.8. The van der Waals surface area contributed by atoms with Crippen molar-refractivity contribution < 1.29 is 28.9 Å². The number of hydrogen-bond donors (Lipinski definition) is 1. The second kappa shape index (κ2) is 14.0. The van der Waals surface area contributed by atoms with Gasteiger partial charge in [-0.25, -0.2) is 0 Å². The standard InChI is InChI=1S/C34H29Cl2N3O6S2/c1-4-12-44-26-11-7-19(15-27(26)43-5-2)29-28(30(40)20-8-10-25-22(14-20)13-18(3)45-25)31(41)32(42)39(29)33-37-38-34(47-33)46-17-21-6-9-23(35)16-24(21)36/h4,6-11,14-16,18,29,40H,1,5,12-13,17H2,2-3H3/t18-,29+/m1/s1. The van der Waals surface area contributed by atoms with Gasteiger partial charge in [0.1, 0.15) is 24.2 Å². The number of ketones is 1. The molecule has 0 spiro atoms. The number of rotatable bonds is 11. The maximum atomic E-state index is 13.8. The summed E-state index contributed by atoms with van der Waals surface area (Å²) in [7, 11) is 0. The average molecular weight is 711 g/mol. The number of Topliss-reactive ketones (excluding diaryl/α,β-unsaturated/α-hetero) is 1. The van der Waals surface area contributed by atoms with Gasteiger partial charge in [-0.1, -0.05) is 71.1 Å². The Bertz CT molecular complexity index is 1910. The Morgan fingerprint density at radius 2 is 1.96 bits per heavy atom. The highest BCUT2D eigenvalue weighted by atomic mass is 35.5. The lowest BCUT2D eigenvalue weighted by Crippen LogP contribution is -2.29.